The van der Waals surface area contributed by atoms with Crippen molar-refractivity contribution in [1.29, 1.82) is 0 Å². The number of benzene rings is 1. The number of hydrogen-bond acceptors (Lipinski definition) is 4. The predicted molar refractivity (Wildman–Crippen MR) is 71.4 cm³/mol. The largest absolute Gasteiger partial charge is 0.337 e. The van der Waals surface area contributed by atoms with E-state index in [1.807, 2.05) is 0 Å². The molecule has 2 N–H and O–H groups in total. The summed E-state index contributed by atoms with van der Waals surface area (Å²) in [5, 5.41) is 4.20. The molecule has 0 radical (unpaired) electrons. The van der Waals surface area contributed by atoms with Crippen LogP contribution in [-0.2, 0) is 0 Å². The van der Waals surface area contributed by atoms with Gasteiger partial charge in [0.1, 0.15) is 6.33 Å². The standard InChI is InChI=1S/C11H7Cl2N5/c12-6-1-2-8(7(13)3-6)18-11-9-10(15-4-14-9)16-5-17-11/h1-5H,(H2,14,15,16,17,18). The molecule has 3 rings (SSSR count). The highest BCUT2D eigenvalue weighted by atomic mass is 35.5. The van der Waals surface area contributed by atoms with Crippen LogP contribution in [0.2, 0.25) is 10.0 Å². The third-order valence-electron chi connectivity index (χ3n) is 2.40. The number of aromatic amines is 1. The number of halogens is 2. The molecule has 0 amide bonds. The highest BCUT2D eigenvalue weighted by Gasteiger charge is 2.08. The van der Waals surface area contributed by atoms with Crippen LogP contribution in [0.4, 0.5) is 11.5 Å². The second-order valence-electron chi connectivity index (χ2n) is 3.57. The monoisotopic (exact) mass is 279 g/mol. The van der Waals surface area contributed by atoms with E-state index in [-0.39, 0.29) is 0 Å². The quantitative estimate of drug-likeness (QED) is 0.755. The van der Waals surface area contributed by atoms with Gasteiger partial charge in [0.25, 0.3) is 0 Å². The van der Waals surface area contributed by atoms with Gasteiger partial charge in [0.2, 0.25) is 0 Å². The van der Waals surface area contributed by atoms with Crippen molar-refractivity contribution in [3.05, 3.63) is 40.9 Å². The van der Waals surface area contributed by atoms with Crippen LogP contribution in [0, 0.1) is 0 Å². The van der Waals surface area contributed by atoms with Crippen LogP contribution < -0.4 is 5.32 Å². The molecule has 2 aromatic heterocycles. The summed E-state index contributed by atoms with van der Waals surface area (Å²) in [7, 11) is 0. The zero-order chi connectivity index (χ0) is 12.5. The Kier molecular flexibility index (Phi) is 2.77. The smallest absolute Gasteiger partial charge is 0.162 e. The van der Waals surface area contributed by atoms with Gasteiger partial charge >= 0.3 is 0 Å². The van der Waals surface area contributed by atoms with Gasteiger partial charge in [0.15, 0.2) is 17.0 Å². The third kappa shape index (κ3) is 1.98. The van der Waals surface area contributed by atoms with Crippen LogP contribution in [0.15, 0.2) is 30.9 Å². The second-order valence-corrected chi connectivity index (χ2v) is 4.41. The number of H-pyrrole nitrogens is 1. The molecule has 3 aromatic rings. The summed E-state index contributed by atoms with van der Waals surface area (Å²) in [6.07, 6.45) is 3.01. The number of anilines is 2. The van der Waals surface area contributed by atoms with E-state index < -0.39 is 0 Å². The lowest BCUT2D eigenvalue weighted by molar-refractivity contribution is 1.20. The normalized spacial score (nSPS) is 10.8. The zero-order valence-electron chi connectivity index (χ0n) is 8.98. The van der Waals surface area contributed by atoms with E-state index in [0.29, 0.717) is 32.7 Å². The maximum Gasteiger partial charge on any atom is 0.162 e. The SMILES string of the molecule is Clc1ccc(Nc2ncnc3[nH]cnc23)c(Cl)c1. The topological polar surface area (TPSA) is 66.5 Å². The van der Waals surface area contributed by atoms with Crippen LogP contribution in [0.3, 0.4) is 0 Å². The summed E-state index contributed by atoms with van der Waals surface area (Å²) in [4.78, 5) is 15.3. The van der Waals surface area contributed by atoms with E-state index in [4.69, 9.17) is 23.2 Å². The minimum absolute atomic E-state index is 0.518. The molecular weight excluding hydrogens is 273 g/mol. The van der Waals surface area contributed by atoms with Crippen molar-refractivity contribution in [2.24, 2.45) is 0 Å². The molecule has 18 heavy (non-hydrogen) atoms. The Labute approximate surface area is 112 Å². The molecule has 0 aliphatic carbocycles. The number of nitrogens with one attached hydrogen (secondary N) is 2. The van der Waals surface area contributed by atoms with Crippen molar-refractivity contribution in [3.63, 3.8) is 0 Å². The van der Waals surface area contributed by atoms with Gasteiger partial charge in [0.05, 0.1) is 17.0 Å². The number of imidazole rings is 1. The van der Waals surface area contributed by atoms with E-state index in [1.54, 1.807) is 24.5 Å². The lowest BCUT2D eigenvalue weighted by Crippen LogP contribution is -1.96. The van der Waals surface area contributed by atoms with Crippen molar-refractivity contribution < 1.29 is 0 Å². The van der Waals surface area contributed by atoms with E-state index in [1.165, 1.54) is 6.33 Å². The molecule has 90 valence electrons. The number of hydrogen-bond donors (Lipinski definition) is 2. The van der Waals surface area contributed by atoms with Crippen LogP contribution in [0.5, 0.6) is 0 Å². The summed E-state index contributed by atoms with van der Waals surface area (Å²) in [5.41, 5.74) is 2.03. The van der Waals surface area contributed by atoms with Crippen molar-refractivity contribution in [3.8, 4) is 0 Å². The number of fused-ring (bicyclic) bond motifs is 1. The molecule has 7 heteroatoms. The fourth-order valence-corrected chi connectivity index (χ4v) is 2.03. The molecular formula is C11H7Cl2N5. The molecule has 0 fully saturated rings. The lowest BCUT2D eigenvalue weighted by atomic mass is 10.3. The van der Waals surface area contributed by atoms with Gasteiger partial charge in [-0.25, -0.2) is 15.0 Å². The first-order chi connectivity index (χ1) is 8.74. The van der Waals surface area contributed by atoms with Crippen LogP contribution in [0.1, 0.15) is 0 Å². The van der Waals surface area contributed by atoms with Crippen LogP contribution in [-0.4, -0.2) is 19.9 Å². The minimum Gasteiger partial charge on any atom is -0.337 e. The van der Waals surface area contributed by atoms with Gasteiger partial charge in [0, 0.05) is 5.02 Å². The first kappa shape index (κ1) is 11.3. The fourth-order valence-electron chi connectivity index (χ4n) is 1.57. The molecule has 0 bridgehead atoms. The van der Waals surface area contributed by atoms with Gasteiger partial charge in [-0.3, -0.25) is 0 Å². The molecule has 0 atom stereocenters. The van der Waals surface area contributed by atoms with Crippen LogP contribution in [0.25, 0.3) is 11.2 Å². The van der Waals surface area contributed by atoms with Crippen molar-refractivity contribution in [2.75, 3.05) is 5.32 Å². The highest BCUT2D eigenvalue weighted by Crippen LogP contribution is 2.29. The second kappa shape index (κ2) is 4.44. The van der Waals surface area contributed by atoms with Gasteiger partial charge in [-0.05, 0) is 18.2 Å². The van der Waals surface area contributed by atoms with Crippen LogP contribution >= 0.6 is 23.2 Å². The lowest BCUT2D eigenvalue weighted by Gasteiger charge is -2.07. The van der Waals surface area contributed by atoms with E-state index in [2.05, 4.69) is 25.3 Å². The van der Waals surface area contributed by atoms with Crippen molar-refractivity contribution >= 4 is 45.9 Å². The van der Waals surface area contributed by atoms with Gasteiger partial charge in [-0.15, -0.1) is 0 Å². The Bertz CT molecular complexity index is 709. The van der Waals surface area contributed by atoms with Gasteiger partial charge < -0.3 is 10.3 Å². The number of rotatable bonds is 2. The maximum atomic E-state index is 6.09. The van der Waals surface area contributed by atoms with Crippen molar-refractivity contribution in [1.82, 2.24) is 19.9 Å². The summed E-state index contributed by atoms with van der Waals surface area (Å²) >= 11 is 11.9. The molecule has 2 heterocycles. The van der Waals surface area contributed by atoms with E-state index in [9.17, 15) is 0 Å². The highest BCUT2D eigenvalue weighted by molar-refractivity contribution is 6.36. The molecule has 0 saturated heterocycles. The van der Waals surface area contributed by atoms with Crippen molar-refractivity contribution in [2.45, 2.75) is 0 Å². The number of aromatic nitrogens is 4. The fraction of sp³-hybridized carbons (Fsp3) is 0. The Morgan fingerprint density at radius 1 is 1.11 bits per heavy atom. The predicted octanol–water partition coefficient (Wildman–Crippen LogP) is 3.40. The Balaban J connectivity index is 2.03. The van der Waals surface area contributed by atoms with E-state index >= 15 is 0 Å². The summed E-state index contributed by atoms with van der Waals surface area (Å²) in [5.74, 6) is 0.588. The Hall–Kier alpha value is -1.85. The third-order valence-corrected chi connectivity index (χ3v) is 2.95. The maximum absolute atomic E-state index is 6.09. The average Bonchev–Trinajstić information content (AvgIpc) is 2.82. The Morgan fingerprint density at radius 2 is 2.00 bits per heavy atom. The minimum atomic E-state index is 0.518. The van der Waals surface area contributed by atoms with Gasteiger partial charge in [-0.1, -0.05) is 23.2 Å². The average molecular weight is 280 g/mol. The van der Waals surface area contributed by atoms with Gasteiger partial charge in [-0.2, -0.15) is 0 Å². The zero-order valence-corrected chi connectivity index (χ0v) is 10.5. The molecule has 0 aliphatic rings. The summed E-state index contributed by atoms with van der Waals surface area (Å²) in [6.45, 7) is 0. The molecule has 1 aromatic carbocycles. The molecule has 0 saturated carbocycles. The van der Waals surface area contributed by atoms with E-state index in [0.717, 1.165) is 0 Å². The summed E-state index contributed by atoms with van der Waals surface area (Å²) < 4.78 is 0. The first-order valence-electron chi connectivity index (χ1n) is 5.10. The molecule has 0 aliphatic heterocycles. The number of nitrogens with zero attached hydrogens (tertiary/aromatic N) is 3. The molecule has 5 nitrogen and oxygen atoms in total. The molecule has 0 unspecified atom stereocenters. The molecule has 0 spiro atoms. The summed E-state index contributed by atoms with van der Waals surface area (Å²) in [6, 6.07) is 5.19. The Morgan fingerprint density at radius 3 is 2.83 bits per heavy atom. The first-order valence-corrected chi connectivity index (χ1v) is 5.86.